The summed E-state index contributed by atoms with van der Waals surface area (Å²) < 4.78 is 0.971. The molecular formula is C20H22BrClN2O2S. The van der Waals surface area contributed by atoms with Crippen molar-refractivity contribution in [1.82, 2.24) is 10.2 Å². The fourth-order valence-corrected chi connectivity index (χ4v) is 3.98. The second kappa shape index (κ2) is 10.7. The standard InChI is InChI=1S/C20H22BrClN2O2S/c1-14(20(26)23-2)24(11-15-7-9-17(21)10-8-15)19(25)13-27-12-16-5-3-4-6-18(16)22/h3-10,14H,11-13H2,1-2H3,(H,23,26)/t14-/m1/s1. The van der Waals surface area contributed by atoms with E-state index >= 15 is 0 Å². The summed E-state index contributed by atoms with van der Waals surface area (Å²) in [5.74, 6) is 0.664. The van der Waals surface area contributed by atoms with E-state index in [0.717, 1.165) is 15.6 Å². The summed E-state index contributed by atoms with van der Waals surface area (Å²) in [5.41, 5.74) is 1.97. The summed E-state index contributed by atoms with van der Waals surface area (Å²) in [6.45, 7) is 2.13. The zero-order chi connectivity index (χ0) is 19.8. The molecule has 27 heavy (non-hydrogen) atoms. The van der Waals surface area contributed by atoms with E-state index in [1.54, 1.807) is 18.9 Å². The van der Waals surface area contributed by atoms with Gasteiger partial charge in [0.25, 0.3) is 0 Å². The molecule has 2 aromatic rings. The third-order valence-corrected chi connectivity index (χ3v) is 5.98. The average molecular weight is 470 g/mol. The number of hydrogen-bond donors (Lipinski definition) is 1. The minimum atomic E-state index is -0.549. The van der Waals surface area contributed by atoms with Crippen LogP contribution in [0.15, 0.2) is 53.0 Å². The fraction of sp³-hybridized carbons (Fsp3) is 0.300. The third kappa shape index (κ3) is 6.55. The lowest BCUT2D eigenvalue weighted by Gasteiger charge is -2.28. The quantitative estimate of drug-likeness (QED) is 0.619. The van der Waals surface area contributed by atoms with Gasteiger partial charge in [-0.15, -0.1) is 11.8 Å². The monoisotopic (exact) mass is 468 g/mol. The molecule has 1 N–H and O–H groups in total. The largest absolute Gasteiger partial charge is 0.357 e. The summed E-state index contributed by atoms with van der Waals surface area (Å²) in [5, 5.41) is 3.32. The molecule has 2 amide bonds. The molecule has 0 fully saturated rings. The maximum absolute atomic E-state index is 12.8. The van der Waals surface area contributed by atoms with Crippen LogP contribution < -0.4 is 5.32 Å². The molecule has 0 heterocycles. The van der Waals surface area contributed by atoms with Crippen LogP contribution in [0.4, 0.5) is 0 Å². The first-order chi connectivity index (χ1) is 12.9. The molecule has 1 atom stereocenters. The predicted octanol–water partition coefficient (Wildman–Crippen LogP) is 4.50. The van der Waals surface area contributed by atoms with E-state index in [1.165, 1.54) is 11.8 Å². The highest BCUT2D eigenvalue weighted by Gasteiger charge is 2.25. The molecular weight excluding hydrogens is 448 g/mol. The first kappa shape index (κ1) is 21.8. The van der Waals surface area contributed by atoms with Gasteiger partial charge in [0.05, 0.1) is 5.75 Å². The topological polar surface area (TPSA) is 49.4 Å². The number of likely N-dealkylation sites (N-methyl/N-ethyl adjacent to an activating group) is 1. The van der Waals surface area contributed by atoms with Crippen LogP contribution in [0.3, 0.4) is 0 Å². The van der Waals surface area contributed by atoms with E-state index in [9.17, 15) is 9.59 Å². The van der Waals surface area contributed by atoms with Crippen LogP contribution in [0.25, 0.3) is 0 Å². The minimum absolute atomic E-state index is 0.0777. The highest BCUT2D eigenvalue weighted by Crippen LogP contribution is 2.22. The van der Waals surface area contributed by atoms with E-state index in [-0.39, 0.29) is 17.6 Å². The van der Waals surface area contributed by atoms with Gasteiger partial charge in [-0.1, -0.05) is 57.9 Å². The second-order valence-corrected chi connectivity index (χ2v) is 8.33. The number of rotatable bonds is 8. The molecule has 0 aliphatic rings. The first-order valence-electron chi connectivity index (χ1n) is 8.49. The maximum Gasteiger partial charge on any atom is 0.242 e. The molecule has 7 heteroatoms. The van der Waals surface area contributed by atoms with Crippen LogP contribution >= 0.6 is 39.3 Å². The highest BCUT2D eigenvalue weighted by atomic mass is 79.9. The van der Waals surface area contributed by atoms with Gasteiger partial charge in [0, 0.05) is 28.8 Å². The zero-order valence-electron chi connectivity index (χ0n) is 15.2. The average Bonchev–Trinajstić information content (AvgIpc) is 2.67. The van der Waals surface area contributed by atoms with Crippen molar-refractivity contribution < 1.29 is 9.59 Å². The van der Waals surface area contributed by atoms with E-state index < -0.39 is 6.04 Å². The Labute approximate surface area is 177 Å². The molecule has 0 saturated carbocycles. The molecule has 0 aliphatic heterocycles. The lowest BCUT2D eigenvalue weighted by molar-refractivity contribution is -0.138. The Bertz CT molecular complexity index is 786. The summed E-state index contributed by atoms with van der Waals surface area (Å²) >= 11 is 11.1. The van der Waals surface area contributed by atoms with Gasteiger partial charge >= 0.3 is 0 Å². The SMILES string of the molecule is CNC(=O)[C@@H](C)N(Cc1ccc(Br)cc1)C(=O)CSCc1ccccc1Cl. The van der Waals surface area contributed by atoms with E-state index in [1.807, 2.05) is 48.5 Å². The van der Waals surface area contributed by atoms with Crippen LogP contribution in [-0.4, -0.2) is 35.6 Å². The van der Waals surface area contributed by atoms with Crippen molar-refractivity contribution in [3.05, 3.63) is 69.2 Å². The molecule has 2 rings (SSSR count). The lowest BCUT2D eigenvalue weighted by atomic mass is 10.1. The molecule has 0 radical (unpaired) electrons. The molecule has 4 nitrogen and oxygen atoms in total. The molecule has 0 saturated heterocycles. The molecule has 144 valence electrons. The van der Waals surface area contributed by atoms with Crippen LogP contribution in [-0.2, 0) is 21.9 Å². The smallest absolute Gasteiger partial charge is 0.242 e. The fourth-order valence-electron chi connectivity index (χ4n) is 2.52. The number of hydrogen-bond acceptors (Lipinski definition) is 3. The predicted molar refractivity (Wildman–Crippen MR) is 116 cm³/mol. The zero-order valence-corrected chi connectivity index (χ0v) is 18.4. The second-order valence-electron chi connectivity index (χ2n) is 6.02. The molecule has 0 aliphatic carbocycles. The number of carbonyl (C=O) groups is 2. The van der Waals surface area contributed by atoms with Crippen LogP contribution in [0.1, 0.15) is 18.1 Å². The Balaban J connectivity index is 2.04. The first-order valence-corrected chi connectivity index (χ1v) is 10.8. The van der Waals surface area contributed by atoms with E-state index in [2.05, 4.69) is 21.2 Å². The highest BCUT2D eigenvalue weighted by molar-refractivity contribution is 9.10. The number of halogens is 2. The number of benzene rings is 2. The summed E-state index contributed by atoms with van der Waals surface area (Å²) in [4.78, 5) is 26.6. The Morgan fingerprint density at radius 2 is 1.85 bits per heavy atom. The van der Waals surface area contributed by atoms with Gasteiger partial charge in [0.1, 0.15) is 6.04 Å². The van der Waals surface area contributed by atoms with Crippen molar-refractivity contribution in [3.8, 4) is 0 Å². The number of carbonyl (C=O) groups excluding carboxylic acids is 2. The van der Waals surface area contributed by atoms with Crippen molar-refractivity contribution >= 4 is 51.1 Å². The molecule has 2 aromatic carbocycles. The van der Waals surface area contributed by atoms with Gasteiger partial charge in [-0.05, 0) is 36.2 Å². The van der Waals surface area contributed by atoms with Crippen molar-refractivity contribution in [3.63, 3.8) is 0 Å². The van der Waals surface area contributed by atoms with E-state index in [4.69, 9.17) is 11.6 Å². The maximum atomic E-state index is 12.8. The summed E-state index contributed by atoms with van der Waals surface area (Å²) in [6.07, 6.45) is 0. The Kier molecular flexibility index (Phi) is 8.67. The Morgan fingerprint density at radius 3 is 2.48 bits per heavy atom. The van der Waals surface area contributed by atoms with Crippen molar-refractivity contribution in [1.29, 1.82) is 0 Å². The molecule has 0 unspecified atom stereocenters. The summed E-state index contributed by atoms with van der Waals surface area (Å²) in [7, 11) is 1.58. The molecule has 0 spiro atoms. The Hall–Kier alpha value is -1.50. The molecule has 0 bridgehead atoms. The van der Waals surface area contributed by atoms with E-state index in [0.29, 0.717) is 17.3 Å². The third-order valence-electron chi connectivity index (χ3n) is 4.12. The number of nitrogens with zero attached hydrogens (tertiary/aromatic N) is 1. The minimum Gasteiger partial charge on any atom is -0.357 e. The van der Waals surface area contributed by atoms with Crippen LogP contribution in [0, 0.1) is 0 Å². The van der Waals surface area contributed by atoms with Gasteiger partial charge in [0.2, 0.25) is 11.8 Å². The van der Waals surface area contributed by atoms with Crippen molar-refractivity contribution in [2.75, 3.05) is 12.8 Å². The summed E-state index contributed by atoms with van der Waals surface area (Å²) in [6, 6.07) is 14.8. The number of nitrogens with one attached hydrogen (secondary N) is 1. The van der Waals surface area contributed by atoms with Crippen LogP contribution in [0.5, 0.6) is 0 Å². The van der Waals surface area contributed by atoms with Crippen LogP contribution in [0.2, 0.25) is 5.02 Å². The number of amides is 2. The van der Waals surface area contributed by atoms with Crippen molar-refractivity contribution in [2.45, 2.75) is 25.3 Å². The Morgan fingerprint density at radius 1 is 1.19 bits per heavy atom. The van der Waals surface area contributed by atoms with Gasteiger partial charge in [-0.3, -0.25) is 9.59 Å². The normalized spacial score (nSPS) is 11.7. The van der Waals surface area contributed by atoms with Gasteiger partial charge in [-0.25, -0.2) is 0 Å². The van der Waals surface area contributed by atoms with Gasteiger partial charge in [-0.2, -0.15) is 0 Å². The van der Waals surface area contributed by atoms with Gasteiger partial charge < -0.3 is 10.2 Å². The molecule has 0 aromatic heterocycles. The lowest BCUT2D eigenvalue weighted by Crippen LogP contribution is -2.47. The number of thioether (sulfide) groups is 1. The van der Waals surface area contributed by atoms with Gasteiger partial charge in [0.15, 0.2) is 0 Å². The van der Waals surface area contributed by atoms with Crippen molar-refractivity contribution in [2.24, 2.45) is 0 Å².